The van der Waals surface area contributed by atoms with Gasteiger partial charge in [0.15, 0.2) is 0 Å². The third-order valence-electron chi connectivity index (χ3n) is 3.20. The summed E-state index contributed by atoms with van der Waals surface area (Å²) < 4.78 is 25.3. The maximum atomic E-state index is 12.6. The van der Waals surface area contributed by atoms with Crippen molar-refractivity contribution in [2.75, 3.05) is 0 Å². The highest BCUT2D eigenvalue weighted by Crippen LogP contribution is 2.33. The first-order chi connectivity index (χ1) is 6.75. The van der Waals surface area contributed by atoms with Gasteiger partial charge in [-0.25, -0.2) is 8.78 Å². The first-order valence-electron chi connectivity index (χ1n) is 5.47. The van der Waals surface area contributed by atoms with Crippen molar-refractivity contribution in [3.8, 4) is 0 Å². The molecule has 1 nitrogen and oxygen atoms in total. The van der Waals surface area contributed by atoms with Crippen LogP contribution in [0, 0.1) is 11.8 Å². The number of carbonyl (C=O) groups excluding carboxylic acids is 1. The SMILES string of the molecule is O=CCC(C(F)F)C1CCCCCC1. The van der Waals surface area contributed by atoms with Crippen LogP contribution in [0.5, 0.6) is 0 Å². The van der Waals surface area contributed by atoms with E-state index >= 15 is 0 Å². The van der Waals surface area contributed by atoms with Crippen molar-refractivity contribution in [1.82, 2.24) is 0 Å². The molecule has 0 aromatic carbocycles. The zero-order valence-electron chi connectivity index (χ0n) is 8.42. The van der Waals surface area contributed by atoms with Crippen LogP contribution in [-0.4, -0.2) is 12.7 Å². The Bertz CT molecular complexity index is 163. The van der Waals surface area contributed by atoms with Gasteiger partial charge in [-0.1, -0.05) is 25.7 Å². The predicted octanol–water partition coefficient (Wildman–Crippen LogP) is 3.43. The third kappa shape index (κ3) is 3.35. The Morgan fingerprint density at radius 3 is 2.14 bits per heavy atom. The molecule has 1 aliphatic rings. The van der Waals surface area contributed by atoms with Gasteiger partial charge in [-0.15, -0.1) is 0 Å². The molecule has 0 aliphatic heterocycles. The number of aldehydes is 1. The van der Waals surface area contributed by atoms with Crippen LogP contribution in [0.3, 0.4) is 0 Å². The van der Waals surface area contributed by atoms with Crippen molar-refractivity contribution < 1.29 is 13.6 Å². The molecule has 0 bridgehead atoms. The van der Waals surface area contributed by atoms with E-state index in [9.17, 15) is 13.6 Å². The smallest absolute Gasteiger partial charge is 0.242 e. The van der Waals surface area contributed by atoms with Crippen LogP contribution in [0.25, 0.3) is 0 Å². The molecule has 0 aromatic heterocycles. The van der Waals surface area contributed by atoms with Gasteiger partial charge in [-0.3, -0.25) is 0 Å². The van der Waals surface area contributed by atoms with Crippen molar-refractivity contribution in [2.45, 2.75) is 51.4 Å². The summed E-state index contributed by atoms with van der Waals surface area (Å²) in [6, 6.07) is 0. The minimum absolute atomic E-state index is 0.0301. The standard InChI is InChI=1S/C11H18F2O/c12-11(13)10(7-8-14)9-5-3-1-2-4-6-9/h8-11H,1-7H2. The minimum atomic E-state index is -2.33. The molecule has 0 N–H and O–H groups in total. The van der Waals surface area contributed by atoms with Gasteiger partial charge in [0.05, 0.1) is 0 Å². The normalized spacial score (nSPS) is 21.9. The van der Waals surface area contributed by atoms with Gasteiger partial charge in [0.25, 0.3) is 0 Å². The Kier molecular flexibility index (Phi) is 5.05. The summed E-state index contributed by atoms with van der Waals surface area (Å²) in [6.07, 6.45) is 4.51. The van der Waals surface area contributed by atoms with Crippen molar-refractivity contribution in [1.29, 1.82) is 0 Å². The number of hydrogen-bond acceptors (Lipinski definition) is 1. The average molecular weight is 204 g/mol. The van der Waals surface area contributed by atoms with E-state index in [-0.39, 0.29) is 12.3 Å². The van der Waals surface area contributed by atoms with Gasteiger partial charge < -0.3 is 4.79 Å². The van der Waals surface area contributed by atoms with Crippen molar-refractivity contribution >= 4 is 6.29 Å². The molecule has 1 rings (SSSR count). The number of alkyl halides is 2. The van der Waals surface area contributed by atoms with Crippen molar-refractivity contribution in [3.63, 3.8) is 0 Å². The predicted molar refractivity (Wildman–Crippen MR) is 51.4 cm³/mol. The lowest BCUT2D eigenvalue weighted by Crippen LogP contribution is -2.22. The lowest BCUT2D eigenvalue weighted by Gasteiger charge is -2.23. The van der Waals surface area contributed by atoms with Crippen LogP contribution in [-0.2, 0) is 4.79 Å². The van der Waals surface area contributed by atoms with E-state index in [0.29, 0.717) is 6.29 Å². The van der Waals surface area contributed by atoms with E-state index in [1.54, 1.807) is 0 Å². The molecule has 0 radical (unpaired) electrons. The van der Waals surface area contributed by atoms with E-state index in [4.69, 9.17) is 0 Å². The van der Waals surface area contributed by atoms with Crippen LogP contribution in [0.1, 0.15) is 44.9 Å². The highest BCUT2D eigenvalue weighted by molar-refractivity contribution is 5.49. The highest BCUT2D eigenvalue weighted by Gasteiger charge is 2.29. The molecule has 0 amide bonds. The molecule has 1 fully saturated rings. The molecule has 1 atom stereocenters. The second-order valence-electron chi connectivity index (χ2n) is 4.15. The number of halogens is 2. The van der Waals surface area contributed by atoms with E-state index in [2.05, 4.69) is 0 Å². The van der Waals surface area contributed by atoms with Crippen LogP contribution in [0.2, 0.25) is 0 Å². The summed E-state index contributed by atoms with van der Waals surface area (Å²) in [5, 5.41) is 0. The fraction of sp³-hybridized carbons (Fsp3) is 0.909. The molecule has 14 heavy (non-hydrogen) atoms. The molecule has 0 heterocycles. The Morgan fingerprint density at radius 1 is 1.14 bits per heavy atom. The van der Waals surface area contributed by atoms with E-state index in [0.717, 1.165) is 38.5 Å². The van der Waals surface area contributed by atoms with Gasteiger partial charge in [-0.2, -0.15) is 0 Å². The van der Waals surface area contributed by atoms with Gasteiger partial charge in [0.2, 0.25) is 6.43 Å². The minimum Gasteiger partial charge on any atom is -0.303 e. The fourth-order valence-electron chi connectivity index (χ4n) is 2.35. The second kappa shape index (κ2) is 6.10. The Balaban J connectivity index is 2.50. The van der Waals surface area contributed by atoms with Crippen LogP contribution in [0.15, 0.2) is 0 Å². The monoisotopic (exact) mass is 204 g/mol. The molecule has 3 heteroatoms. The second-order valence-corrected chi connectivity index (χ2v) is 4.15. The summed E-state index contributed by atoms with van der Waals surface area (Å²) in [5.74, 6) is -0.617. The summed E-state index contributed by atoms with van der Waals surface area (Å²) in [7, 11) is 0. The Morgan fingerprint density at radius 2 is 1.71 bits per heavy atom. The zero-order valence-corrected chi connectivity index (χ0v) is 8.42. The first kappa shape index (κ1) is 11.6. The van der Waals surface area contributed by atoms with E-state index in [1.807, 2.05) is 0 Å². The van der Waals surface area contributed by atoms with Gasteiger partial charge in [-0.05, 0) is 18.8 Å². The maximum absolute atomic E-state index is 12.6. The van der Waals surface area contributed by atoms with Crippen molar-refractivity contribution in [2.24, 2.45) is 11.8 Å². The zero-order chi connectivity index (χ0) is 10.4. The summed E-state index contributed by atoms with van der Waals surface area (Å²) in [4.78, 5) is 10.3. The first-order valence-corrected chi connectivity index (χ1v) is 5.47. The average Bonchev–Trinajstić information content (AvgIpc) is 2.41. The van der Waals surface area contributed by atoms with E-state index < -0.39 is 12.3 Å². The summed E-state index contributed by atoms with van der Waals surface area (Å²) in [5.41, 5.74) is 0. The van der Waals surface area contributed by atoms with E-state index in [1.165, 1.54) is 0 Å². The molecule has 1 aliphatic carbocycles. The molecule has 1 unspecified atom stereocenters. The van der Waals surface area contributed by atoms with Crippen molar-refractivity contribution in [3.05, 3.63) is 0 Å². The lowest BCUT2D eigenvalue weighted by molar-refractivity contribution is -0.110. The Hall–Kier alpha value is -0.470. The molecule has 0 aromatic rings. The fourth-order valence-corrected chi connectivity index (χ4v) is 2.35. The van der Waals surface area contributed by atoms with Crippen LogP contribution in [0.4, 0.5) is 8.78 Å². The number of carbonyl (C=O) groups is 1. The lowest BCUT2D eigenvalue weighted by atomic mass is 9.84. The Labute approximate surface area is 83.9 Å². The quantitative estimate of drug-likeness (QED) is 0.506. The molecular formula is C11H18F2O. The third-order valence-corrected chi connectivity index (χ3v) is 3.20. The largest absolute Gasteiger partial charge is 0.303 e. The molecule has 0 spiro atoms. The van der Waals surface area contributed by atoms with Gasteiger partial charge in [0.1, 0.15) is 6.29 Å². The van der Waals surface area contributed by atoms with Crippen LogP contribution < -0.4 is 0 Å². The maximum Gasteiger partial charge on any atom is 0.242 e. The highest BCUT2D eigenvalue weighted by atomic mass is 19.3. The number of rotatable bonds is 4. The molecule has 82 valence electrons. The summed E-state index contributed by atoms with van der Waals surface area (Å²) >= 11 is 0. The number of hydrogen-bond donors (Lipinski definition) is 0. The summed E-state index contributed by atoms with van der Waals surface area (Å²) in [6.45, 7) is 0. The molecule has 0 saturated heterocycles. The van der Waals surface area contributed by atoms with Crippen LogP contribution >= 0.6 is 0 Å². The topological polar surface area (TPSA) is 17.1 Å². The van der Waals surface area contributed by atoms with Gasteiger partial charge in [0, 0.05) is 12.3 Å². The molecule has 1 saturated carbocycles. The van der Waals surface area contributed by atoms with Gasteiger partial charge >= 0.3 is 0 Å². The molecular weight excluding hydrogens is 186 g/mol.